The molecule has 1 amide bonds. The third-order valence-electron chi connectivity index (χ3n) is 1.91. The molecule has 16 heavy (non-hydrogen) atoms. The van der Waals surface area contributed by atoms with Crippen molar-refractivity contribution < 1.29 is 14.7 Å². The van der Waals surface area contributed by atoms with Crippen LogP contribution in [0.5, 0.6) is 0 Å². The monoisotopic (exact) mass is 241 g/mol. The van der Waals surface area contributed by atoms with Crippen molar-refractivity contribution in [1.29, 1.82) is 0 Å². The first kappa shape index (κ1) is 12.8. The number of nitrogens with one attached hydrogen (secondary N) is 1. The summed E-state index contributed by atoms with van der Waals surface area (Å²) >= 11 is 1.18. The molecule has 0 saturated carbocycles. The van der Waals surface area contributed by atoms with Crippen molar-refractivity contribution in [2.45, 2.75) is 25.6 Å². The summed E-state index contributed by atoms with van der Waals surface area (Å²) in [5, 5.41) is 11.2. The average Bonchev–Trinajstić information content (AvgIpc) is 2.61. The van der Waals surface area contributed by atoms with E-state index in [1.54, 1.807) is 12.2 Å². The molecular formula is C11H15NO3S. The Balaban J connectivity index is 0.000000386. The Kier molecular flexibility index (Phi) is 4.61. The number of carboxylic acid groups (broad SMARTS) is 1. The van der Waals surface area contributed by atoms with Gasteiger partial charge in [0.15, 0.2) is 0 Å². The Hall–Kier alpha value is -1.23. The Bertz CT molecular complexity index is 349. The van der Waals surface area contributed by atoms with Gasteiger partial charge >= 0.3 is 5.97 Å². The summed E-state index contributed by atoms with van der Waals surface area (Å²) in [6.45, 7) is 4.25. The lowest BCUT2D eigenvalue weighted by atomic mass is 10.1. The van der Waals surface area contributed by atoms with Crippen LogP contribution in [-0.4, -0.2) is 22.4 Å². The second-order valence-electron chi connectivity index (χ2n) is 3.53. The number of aliphatic carboxylic acids is 1. The van der Waals surface area contributed by atoms with E-state index in [2.05, 4.69) is 19.2 Å². The van der Waals surface area contributed by atoms with Crippen LogP contribution in [0.3, 0.4) is 0 Å². The zero-order valence-corrected chi connectivity index (χ0v) is 10.1. The van der Waals surface area contributed by atoms with E-state index in [1.807, 2.05) is 0 Å². The second kappa shape index (κ2) is 5.75. The molecule has 5 heteroatoms. The topological polar surface area (TPSA) is 66.4 Å². The highest BCUT2D eigenvalue weighted by atomic mass is 32.2. The van der Waals surface area contributed by atoms with Crippen LogP contribution in [0.15, 0.2) is 23.1 Å². The summed E-state index contributed by atoms with van der Waals surface area (Å²) in [6.07, 6.45) is 6.07. The minimum absolute atomic E-state index is 0.0220. The van der Waals surface area contributed by atoms with Crippen LogP contribution < -0.4 is 5.32 Å². The van der Waals surface area contributed by atoms with Crippen LogP contribution in [0.25, 0.3) is 0 Å². The summed E-state index contributed by atoms with van der Waals surface area (Å²) in [6, 6.07) is 0. The number of thioether (sulfide) groups is 1. The molecule has 0 aromatic carbocycles. The number of fused-ring (bicyclic) bond motifs is 1. The van der Waals surface area contributed by atoms with Gasteiger partial charge in [-0.1, -0.05) is 44.2 Å². The molecule has 88 valence electrons. The van der Waals surface area contributed by atoms with Gasteiger partial charge < -0.3 is 10.4 Å². The van der Waals surface area contributed by atoms with Crippen LogP contribution in [0.4, 0.5) is 0 Å². The molecule has 4 nitrogen and oxygen atoms in total. The van der Waals surface area contributed by atoms with Crippen molar-refractivity contribution in [2.75, 3.05) is 0 Å². The summed E-state index contributed by atoms with van der Waals surface area (Å²) in [7, 11) is 0. The minimum Gasteiger partial charge on any atom is -0.477 e. The SMILES string of the molecule is CCC.O=C1C=CC2C=C(C(=O)O)SC2N1. The predicted molar refractivity (Wildman–Crippen MR) is 63.8 cm³/mol. The second-order valence-corrected chi connectivity index (χ2v) is 4.71. The van der Waals surface area contributed by atoms with Gasteiger partial charge in [0.2, 0.25) is 5.91 Å². The number of carboxylic acids is 1. The molecule has 2 atom stereocenters. The number of hydrogen-bond acceptors (Lipinski definition) is 3. The van der Waals surface area contributed by atoms with Crippen LogP contribution >= 0.6 is 11.8 Å². The quantitative estimate of drug-likeness (QED) is 0.734. The fraction of sp³-hybridized carbons (Fsp3) is 0.455. The van der Waals surface area contributed by atoms with Gasteiger partial charge in [-0.3, -0.25) is 4.79 Å². The molecule has 2 heterocycles. The number of hydrogen-bond donors (Lipinski definition) is 2. The number of carbonyl (C=O) groups excluding carboxylic acids is 1. The smallest absolute Gasteiger partial charge is 0.341 e. The fourth-order valence-corrected chi connectivity index (χ4v) is 2.42. The van der Waals surface area contributed by atoms with E-state index in [0.29, 0.717) is 4.91 Å². The van der Waals surface area contributed by atoms with Crippen molar-refractivity contribution in [3.8, 4) is 0 Å². The normalized spacial score (nSPS) is 26.1. The van der Waals surface area contributed by atoms with Crippen molar-refractivity contribution in [3.63, 3.8) is 0 Å². The highest BCUT2D eigenvalue weighted by Gasteiger charge is 2.32. The van der Waals surface area contributed by atoms with Crippen LogP contribution in [0.1, 0.15) is 20.3 Å². The van der Waals surface area contributed by atoms with Gasteiger partial charge in [0, 0.05) is 5.92 Å². The largest absolute Gasteiger partial charge is 0.477 e. The molecule has 0 spiro atoms. The van der Waals surface area contributed by atoms with Crippen molar-refractivity contribution in [2.24, 2.45) is 5.92 Å². The molecule has 0 aliphatic carbocycles. The van der Waals surface area contributed by atoms with Gasteiger partial charge in [0.1, 0.15) is 0 Å². The first-order chi connectivity index (χ1) is 7.58. The van der Waals surface area contributed by atoms with Gasteiger partial charge in [0.25, 0.3) is 0 Å². The van der Waals surface area contributed by atoms with Crippen LogP contribution in [0, 0.1) is 5.92 Å². The van der Waals surface area contributed by atoms with E-state index in [4.69, 9.17) is 5.11 Å². The summed E-state index contributed by atoms with van der Waals surface area (Å²) in [5.41, 5.74) is 0. The van der Waals surface area contributed by atoms with Gasteiger partial charge in [-0.2, -0.15) is 0 Å². The van der Waals surface area contributed by atoms with E-state index in [0.717, 1.165) is 0 Å². The van der Waals surface area contributed by atoms with Crippen LogP contribution in [-0.2, 0) is 9.59 Å². The highest BCUT2D eigenvalue weighted by molar-refractivity contribution is 8.04. The third-order valence-corrected chi connectivity index (χ3v) is 3.16. The average molecular weight is 241 g/mol. The zero-order chi connectivity index (χ0) is 12.1. The van der Waals surface area contributed by atoms with Crippen molar-refractivity contribution in [3.05, 3.63) is 23.1 Å². The lowest BCUT2D eigenvalue weighted by Crippen LogP contribution is -2.37. The number of amides is 1. The van der Waals surface area contributed by atoms with Crippen molar-refractivity contribution >= 4 is 23.6 Å². The summed E-state index contributed by atoms with van der Waals surface area (Å²) < 4.78 is 0. The molecule has 0 fully saturated rings. The Morgan fingerprint density at radius 2 is 2.19 bits per heavy atom. The van der Waals surface area contributed by atoms with Gasteiger partial charge in [-0.05, 0) is 6.08 Å². The number of rotatable bonds is 1. The predicted octanol–water partition coefficient (Wildman–Crippen LogP) is 1.75. The minimum atomic E-state index is -0.929. The maximum absolute atomic E-state index is 10.9. The standard InChI is InChI=1S/C8H7NO3S.C3H8/c10-6-2-1-4-3-5(8(11)12)13-7(4)9-6;1-3-2/h1-4,7H,(H,9,10)(H,11,12);3H2,1-2H3. The van der Waals surface area contributed by atoms with E-state index in [-0.39, 0.29) is 17.2 Å². The van der Waals surface area contributed by atoms with E-state index in [1.165, 1.54) is 24.3 Å². The third kappa shape index (κ3) is 3.13. The summed E-state index contributed by atoms with van der Waals surface area (Å²) in [4.78, 5) is 21.8. The molecule has 2 aliphatic heterocycles. The van der Waals surface area contributed by atoms with Crippen LogP contribution in [0.2, 0.25) is 0 Å². The maximum atomic E-state index is 10.9. The zero-order valence-electron chi connectivity index (χ0n) is 9.27. The Morgan fingerprint density at radius 3 is 2.75 bits per heavy atom. The van der Waals surface area contributed by atoms with Gasteiger partial charge in [0.05, 0.1) is 10.3 Å². The lowest BCUT2D eigenvalue weighted by Gasteiger charge is -2.19. The molecule has 2 N–H and O–H groups in total. The molecule has 0 aromatic heterocycles. The van der Waals surface area contributed by atoms with E-state index in [9.17, 15) is 9.59 Å². The van der Waals surface area contributed by atoms with E-state index < -0.39 is 5.97 Å². The molecular weight excluding hydrogens is 226 g/mol. The first-order valence-electron chi connectivity index (χ1n) is 5.19. The number of carbonyl (C=O) groups is 2. The molecule has 2 unspecified atom stereocenters. The van der Waals surface area contributed by atoms with Gasteiger partial charge in [-0.25, -0.2) is 4.79 Å². The fourth-order valence-electron chi connectivity index (χ4n) is 1.31. The first-order valence-corrected chi connectivity index (χ1v) is 6.06. The lowest BCUT2D eigenvalue weighted by molar-refractivity contribution is -0.131. The Labute approximate surface area is 98.8 Å². The highest BCUT2D eigenvalue weighted by Crippen LogP contribution is 2.36. The molecule has 2 rings (SSSR count). The molecule has 0 aromatic rings. The molecule has 2 aliphatic rings. The van der Waals surface area contributed by atoms with Crippen molar-refractivity contribution in [1.82, 2.24) is 5.32 Å². The molecule has 0 radical (unpaired) electrons. The Morgan fingerprint density at radius 1 is 1.56 bits per heavy atom. The van der Waals surface area contributed by atoms with E-state index >= 15 is 0 Å². The maximum Gasteiger partial charge on any atom is 0.341 e. The molecule has 0 bridgehead atoms. The van der Waals surface area contributed by atoms with Gasteiger partial charge in [-0.15, -0.1) is 0 Å². The summed E-state index contributed by atoms with van der Waals surface area (Å²) in [5.74, 6) is -1.07. The molecule has 0 saturated heterocycles.